The van der Waals surface area contributed by atoms with E-state index in [1.807, 2.05) is 0 Å². The van der Waals surface area contributed by atoms with Crippen LogP contribution in [-0.4, -0.2) is 14.2 Å². The lowest BCUT2D eigenvalue weighted by atomic mass is 10.2. The van der Waals surface area contributed by atoms with Crippen molar-refractivity contribution in [2.24, 2.45) is 0 Å². The van der Waals surface area contributed by atoms with Gasteiger partial charge in [0.25, 0.3) is 0 Å². The van der Waals surface area contributed by atoms with Gasteiger partial charge in [0.1, 0.15) is 11.6 Å². The lowest BCUT2D eigenvalue weighted by Crippen LogP contribution is -2.06. The van der Waals surface area contributed by atoms with Gasteiger partial charge in [-0.3, -0.25) is 0 Å². The van der Waals surface area contributed by atoms with Crippen LogP contribution in [0, 0.1) is 24.1 Å². The summed E-state index contributed by atoms with van der Waals surface area (Å²) < 4.78 is 35.5. The highest BCUT2D eigenvalue weighted by molar-refractivity contribution is 7.91. The Balaban J connectivity index is 3.29. The third kappa shape index (κ3) is 2.09. The van der Waals surface area contributed by atoms with Gasteiger partial charge in [0, 0.05) is 0 Å². The standard InChI is InChI=1S/C9H8FNO2S/c1-7-6-8(10)2-3-9(7)14(12,13)5-4-11/h2-3,6H,5H2,1H3. The normalized spacial score (nSPS) is 10.9. The molecule has 14 heavy (non-hydrogen) atoms. The van der Waals surface area contributed by atoms with Crippen LogP contribution in [0.2, 0.25) is 0 Å². The monoisotopic (exact) mass is 213 g/mol. The largest absolute Gasteiger partial charge is 0.223 e. The maximum atomic E-state index is 12.7. The van der Waals surface area contributed by atoms with Crippen molar-refractivity contribution in [3.63, 3.8) is 0 Å². The summed E-state index contributed by atoms with van der Waals surface area (Å²) in [7, 11) is -3.59. The minimum atomic E-state index is -3.59. The highest BCUT2D eigenvalue weighted by Gasteiger charge is 2.16. The van der Waals surface area contributed by atoms with Crippen molar-refractivity contribution in [3.8, 4) is 6.07 Å². The Morgan fingerprint density at radius 1 is 1.50 bits per heavy atom. The number of halogens is 1. The Bertz CT molecular complexity index is 488. The molecule has 0 aliphatic rings. The summed E-state index contributed by atoms with van der Waals surface area (Å²) in [6.07, 6.45) is 0. The molecule has 0 aliphatic heterocycles. The molecule has 0 atom stereocenters. The van der Waals surface area contributed by atoms with E-state index >= 15 is 0 Å². The predicted octanol–water partition coefficient (Wildman–Crippen LogP) is 1.43. The topological polar surface area (TPSA) is 57.9 Å². The second kappa shape index (κ2) is 3.76. The molecule has 0 radical (unpaired) electrons. The summed E-state index contributed by atoms with van der Waals surface area (Å²) in [6, 6.07) is 4.94. The summed E-state index contributed by atoms with van der Waals surface area (Å²) in [5.74, 6) is -1.07. The first-order chi connectivity index (χ1) is 6.47. The van der Waals surface area contributed by atoms with Crippen LogP contribution < -0.4 is 0 Å². The lowest BCUT2D eigenvalue weighted by molar-refractivity contribution is 0.597. The van der Waals surface area contributed by atoms with E-state index in [1.54, 1.807) is 6.07 Å². The molecular weight excluding hydrogens is 205 g/mol. The first kappa shape index (κ1) is 10.7. The number of benzene rings is 1. The van der Waals surface area contributed by atoms with E-state index in [1.165, 1.54) is 13.0 Å². The third-order valence-electron chi connectivity index (χ3n) is 1.73. The summed E-state index contributed by atoms with van der Waals surface area (Å²) >= 11 is 0. The van der Waals surface area contributed by atoms with Gasteiger partial charge in [-0.05, 0) is 30.7 Å². The molecule has 74 valence electrons. The average Bonchev–Trinajstić information content (AvgIpc) is 2.02. The number of nitriles is 1. The molecule has 0 fully saturated rings. The molecule has 0 bridgehead atoms. The third-order valence-corrected chi connectivity index (χ3v) is 3.36. The van der Waals surface area contributed by atoms with Crippen LogP contribution in [0.1, 0.15) is 5.56 Å². The highest BCUT2D eigenvalue weighted by atomic mass is 32.2. The Hall–Kier alpha value is -1.41. The fourth-order valence-corrected chi connectivity index (χ4v) is 2.27. The highest BCUT2D eigenvalue weighted by Crippen LogP contribution is 2.17. The van der Waals surface area contributed by atoms with Crippen LogP contribution in [0.3, 0.4) is 0 Å². The number of nitrogens with zero attached hydrogens (tertiary/aromatic N) is 1. The molecule has 1 aromatic carbocycles. The van der Waals surface area contributed by atoms with E-state index in [0.717, 1.165) is 12.1 Å². The molecule has 0 saturated carbocycles. The van der Waals surface area contributed by atoms with Crippen LogP contribution in [-0.2, 0) is 9.84 Å². The minimum absolute atomic E-state index is 0.0143. The van der Waals surface area contributed by atoms with E-state index in [0.29, 0.717) is 5.56 Å². The molecule has 0 saturated heterocycles. The fourth-order valence-electron chi connectivity index (χ4n) is 1.12. The van der Waals surface area contributed by atoms with E-state index in [2.05, 4.69) is 0 Å². The van der Waals surface area contributed by atoms with Gasteiger partial charge in [-0.1, -0.05) is 0 Å². The maximum Gasteiger partial charge on any atom is 0.191 e. The van der Waals surface area contributed by atoms with Gasteiger partial charge in [-0.2, -0.15) is 5.26 Å². The molecule has 0 unspecified atom stereocenters. The molecule has 1 rings (SSSR count). The second-order valence-corrected chi connectivity index (χ2v) is 4.79. The van der Waals surface area contributed by atoms with Crippen LogP contribution in [0.25, 0.3) is 0 Å². The minimum Gasteiger partial charge on any atom is -0.223 e. The molecule has 1 aromatic rings. The quantitative estimate of drug-likeness (QED) is 0.698. The van der Waals surface area contributed by atoms with Crippen molar-refractivity contribution in [1.29, 1.82) is 5.26 Å². The predicted molar refractivity (Wildman–Crippen MR) is 48.8 cm³/mol. The first-order valence-corrected chi connectivity index (χ1v) is 5.48. The van der Waals surface area contributed by atoms with E-state index < -0.39 is 21.4 Å². The van der Waals surface area contributed by atoms with Crippen molar-refractivity contribution >= 4 is 9.84 Å². The Kier molecular flexibility index (Phi) is 2.87. The second-order valence-electron chi connectivity index (χ2n) is 2.83. The Morgan fingerprint density at radius 2 is 2.14 bits per heavy atom. The number of aryl methyl sites for hydroxylation is 1. The summed E-state index contributed by atoms with van der Waals surface area (Å²) in [4.78, 5) is 0.0143. The Morgan fingerprint density at radius 3 is 2.64 bits per heavy atom. The zero-order valence-electron chi connectivity index (χ0n) is 7.49. The molecule has 0 aromatic heterocycles. The van der Waals surface area contributed by atoms with Crippen molar-refractivity contribution in [3.05, 3.63) is 29.6 Å². The number of sulfone groups is 1. The van der Waals surface area contributed by atoms with Crippen LogP contribution >= 0.6 is 0 Å². The molecule has 3 nitrogen and oxygen atoms in total. The van der Waals surface area contributed by atoms with Crippen molar-refractivity contribution in [2.45, 2.75) is 11.8 Å². The molecule has 0 N–H and O–H groups in total. The van der Waals surface area contributed by atoms with Gasteiger partial charge in [0.15, 0.2) is 9.84 Å². The summed E-state index contributed by atoms with van der Waals surface area (Å²) in [5, 5.41) is 8.31. The van der Waals surface area contributed by atoms with Crippen molar-refractivity contribution in [1.82, 2.24) is 0 Å². The van der Waals surface area contributed by atoms with Crippen molar-refractivity contribution in [2.75, 3.05) is 5.75 Å². The van der Waals surface area contributed by atoms with Gasteiger partial charge >= 0.3 is 0 Å². The maximum absolute atomic E-state index is 12.7. The van der Waals surface area contributed by atoms with Gasteiger partial charge in [-0.25, -0.2) is 12.8 Å². The first-order valence-electron chi connectivity index (χ1n) is 3.83. The fraction of sp³-hybridized carbons (Fsp3) is 0.222. The average molecular weight is 213 g/mol. The van der Waals surface area contributed by atoms with Gasteiger partial charge in [0.05, 0.1) is 11.0 Å². The smallest absolute Gasteiger partial charge is 0.191 e. The van der Waals surface area contributed by atoms with E-state index in [9.17, 15) is 12.8 Å². The SMILES string of the molecule is Cc1cc(F)ccc1S(=O)(=O)CC#N. The van der Waals surface area contributed by atoms with Gasteiger partial charge < -0.3 is 0 Å². The van der Waals surface area contributed by atoms with Gasteiger partial charge in [0.2, 0.25) is 0 Å². The summed E-state index contributed by atoms with van der Waals surface area (Å²) in [6.45, 7) is 1.49. The molecule has 0 amide bonds. The molecular formula is C9H8FNO2S. The number of hydrogen-bond acceptors (Lipinski definition) is 3. The van der Waals surface area contributed by atoms with Crippen LogP contribution in [0.15, 0.2) is 23.1 Å². The van der Waals surface area contributed by atoms with Gasteiger partial charge in [-0.15, -0.1) is 0 Å². The van der Waals surface area contributed by atoms with Crippen LogP contribution in [0.4, 0.5) is 4.39 Å². The molecule has 0 spiro atoms. The Labute approximate surface area is 81.7 Å². The molecule has 0 aliphatic carbocycles. The zero-order chi connectivity index (χ0) is 10.8. The van der Waals surface area contributed by atoms with E-state index in [4.69, 9.17) is 5.26 Å². The van der Waals surface area contributed by atoms with E-state index in [-0.39, 0.29) is 4.90 Å². The molecule has 5 heteroatoms. The number of hydrogen-bond donors (Lipinski definition) is 0. The zero-order valence-corrected chi connectivity index (χ0v) is 8.31. The molecule has 0 heterocycles. The van der Waals surface area contributed by atoms with Crippen molar-refractivity contribution < 1.29 is 12.8 Å². The van der Waals surface area contributed by atoms with Crippen LogP contribution in [0.5, 0.6) is 0 Å². The number of rotatable bonds is 2. The summed E-state index contributed by atoms with van der Waals surface area (Å²) in [5.41, 5.74) is 0.320. The lowest BCUT2D eigenvalue weighted by Gasteiger charge is -2.03.